The van der Waals surface area contributed by atoms with Crippen LogP contribution in [-0.4, -0.2) is 65.4 Å². The summed E-state index contributed by atoms with van der Waals surface area (Å²) in [5.74, 6) is 1.33. The van der Waals surface area contributed by atoms with Crippen LogP contribution in [0.5, 0.6) is 0 Å². The number of hydrogen-bond donors (Lipinski definition) is 0. The van der Waals surface area contributed by atoms with Crippen molar-refractivity contribution < 1.29 is 9.26 Å². The molecule has 25 heavy (non-hydrogen) atoms. The van der Waals surface area contributed by atoms with Gasteiger partial charge in [0.15, 0.2) is 0 Å². The highest BCUT2D eigenvalue weighted by Crippen LogP contribution is 2.21. The number of nitrogens with zero attached hydrogens (tertiary/aromatic N) is 4. The van der Waals surface area contributed by atoms with Crippen LogP contribution in [0.2, 0.25) is 0 Å². The molecule has 0 aliphatic carbocycles. The monoisotopic (exact) mass is 406 g/mol. The number of piperazine rings is 1. The fraction of sp³-hybridized carbons (Fsp3) is 0.556. The van der Waals surface area contributed by atoms with Gasteiger partial charge in [-0.3, -0.25) is 9.80 Å². The van der Waals surface area contributed by atoms with Crippen molar-refractivity contribution in [2.24, 2.45) is 0 Å². The molecule has 0 amide bonds. The van der Waals surface area contributed by atoms with E-state index in [-0.39, 0.29) is 0 Å². The predicted octanol–water partition coefficient (Wildman–Crippen LogP) is 2.80. The summed E-state index contributed by atoms with van der Waals surface area (Å²) >= 11 is 3.47. The lowest BCUT2D eigenvalue weighted by molar-refractivity contribution is 0.0468. The number of benzene rings is 1. The Hall–Kier alpha value is -1.28. The van der Waals surface area contributed by atoms with Crippen LogP contribution in [0.25, 0.3) is 11.4 Å². The van der Waals surface area contributed by atoms with E-state index in [1.165, 1.54) is 12.8 Å². The molecule has 0 saturated carbocycles. The quantitative estimate of drug-likeness (QED) is 0.760. The molecule has 1 aromatic carbocycles. The molecule has 0 bridgehead atoms. The van der Waals surface area contributed by atoms with Crippen LogP contribution < -0.4 is 0 Å². The molecule has 7 heteroatoms. The lowest BCUT2D eigenvalue weighted by Gasteiger charge is -2.34. The van der Waals surface area contributed by atoms with E-state index in [1.807, 2.05) is 24.3 Å². The third-order valence-electron chi connectivity index (χ3n) is 4.86. The SMILES string of the molecule is Brc1cccc(-c2noc(CN3CCN(CC4CCCO4)CC3)n2)c1. The summed E-state index contributed by atoms with van der Waals surface area (Å²) in [5.41, 5.74) is 0.964. The summed E-state index contributed by atoms with van der Waals surface area (Å²) in [7, 11) is 0. The van der Waals surface area contributed by atoms with E-state index in [4.69, 9.17) is 9.26 Å². The number of rotatable bonds is 5. The lowest BCUT2D eigenvalue weighted by Crippen LogP contribution is -2.48. The van der Waals surface area contributed by atoms with Crippen LogP contribution in [0.1, 0.15) is 18.7 Å². The second-order valence-corrected chi connectivity index (χ2v) is 7.65. The molecule has 4 rings (SSSR count). The summed E-state index contributed by atoms with van der Waals surface area (Å²) < 4.78 is 12.2. The van der Waals surface area contributed by atoms with E-state index in [0.717, 1.165) is 55.9 Å². The van der Waals surface area contributed by atoms with Crippen molar-refractivity contribution in [2.75, 3.05) is 39.3 Å². The molecule has 0 radical (unpaired) electrons. The van der Waals surface area contributed by atoms with Gasteiger partial charge < -0.3 is 9.26 Å². The number of aromatic nitrogens is 2. The Bertz CT molecular complexity index is 694. The molecular formula is C18H23BrN4O2. The molecular weight excluding hydrogens is 384 g/mol. The van der Waals surface area contributed by atoms with Crippen LogP contribution in [-0.2, 0) is 11.3 Å². The van der Waals surface area contributed by atoms with Crippen molar-refractivity contribution in [1.82, 2.24) is 19.9 Å². The molecule has 1 atom stereocenters. The van der Waals surface area contributed by atoms with Crippen molar-refractivity contribution in [3.63, 3.8) is 0 Å². The van der Waals surface area contributed by atoms with Crippen molar-refractivity contribution in [3.05, 3.63) is 34.6 Å². The Morgan fingerprint density at radius 3 is 2.76 bits per heavy atom. The molecule has 2 fully saturated rings. The second kappa shape index (κ2) is 7.95. The summed E-state index contributed by atoms with van der Waals surface area (Å²) in [6.45, 7) is 6.93. The lowest BCUT2D eigenvalue weighted by atomic mass is 10.2. The van der Waals surface area contributed by atoms with E-state index in [1.54, 1.807) is 0 Å². The summed E-state index contributed by atoms with van der Waals surface area (Å²) in [4.78, 5) is 9.43. The summed E-state index contributed by atoms with van der Waals surface area (Å²) in [6.07, 6.45) is 2.86. The predicted molar refractivity (Wildman–Crippen MR) is 98.1 cm³/mol. The first kappa shape index (κ1) is 17.1. The van der Waals surface area contributed by atoms with Crippen molar-refractivity contribution in [3.8, 4) is 11.4 Å². The third kappa shape index (κ3) is 4.47. The zero-order chi connectivity index (χ0) is 17.1. The Morgan fingerprint density at radius 2 is 2.00 bits per heavy atom. The minimum Gasteiger partial charge on any atom is -0.377 e. The van der Waals surface area contributed by atoms with Gasteiger partial charge in [0.1, 0.15) is 0 Å². The maximum atomic E-state index is 5.74. The van der Waals surface area contributed by atoms with E-state index >= 15 is 0 Å². The average molecular weight is 407 g/mol. The van der Waals surface area contributed by atoms with Crippen LogP contribution in [0, 0.1) is 0 Å². The van der Waals surface area contributed by atoms with Gasteiger partial charge in [0, 0.05) is 49.4 Å². The normalized spacial score (nSPS) is 22.5. The van der Waals surface area contributed by atoms with E-state index in [2.05, 4.69) is 35.9 Å². The maximum Gasteiger partial charge on any atom is 0.241 e. The molecule has 0 N–H and O–H groups in total. The van der Waals surface area contributed by atoms with E-state index in [0.29, 0.717) is 17.8 Å². The Morgan fingerprint density at radius 1 is 1.16 bits per heavy atom. The molecule has 1 unspecified atom stereocenters. The van der Waals surface area contributed by atoms with E-state index < -0.39 is 0 Å². The fourth-order valence-corrected chi connectivity index (χ4v) is 3.86. The fourth-order valence-electron chi connectivity index (χ4n) is 3.46. The van der Waals surface area contributed by atoms with Crippen LogP contribution in [0.15, 0.2) is 33.3 Å². The highest BCUT2D eigenvalue weighted by Gasteiger charge is 2.23. The molecule has 6 nitrogen and oxygen atoms in total. The minimum atomic E-state index is 0.440. The van der Waals surface area contributed by atoms with Gasteiger partial charge in [-0.15, -0.1) is 0 Å². The van der Waals surface area contributed by atoms with Gasteiger partial charge in [-0.25, -0.2) is 0 Å². The molecule has 0 spiro atoms. The van der Waals surface area contributed by atoms with Gasteiger partial charge in [0.2, 0.25) is 11.7 Å². The highest BCUT2D eigenvalue weighted by atomic mass is 79.9. The highest BCUT2D eigenvalue weighted by molar-refractivity contribution is 9.10. The van der Waals surface area contributed by atoms with Gasteiger partial charge in [-0.2, -0.15) is 4.98 Å². The number of ether oxygens (including phenoxy) is 1. The zero-order valence-corrected chi connectivity index (χ0v) is 15.8. The molecule has 3 heterocycles. The molecule has 2 aromatic rings. The Kier molecular flexibility index (Phi) is 5.45. The molecule has 134 valence electrons. The largest absolute Gasteiger partial charge is 0.377 e. The van der Waals surface area contributed by atoms with Crippen LogP contribution in [0.3, 0.4) is 0 Å². The first-order valence-electron chi connectivity index (χ1n) is 8.91. The van der Waals surface area contributed by atoms with Gasteiger partial charge >= 0.3 is 0 Å². The average Bonchev–Trinajstić information content (AvgIpc) is 3.29. The van der Waals surface area contributed by atoms with Crippen molar-refractivity contribution in [2.45, 2.75) is 25.5 Å². The van der Waals surface area contributed by atoms with Gasteiger partial charge in [0.25, 0.3) is 0 Å². The zero-order valence-electron chi connectivity index (χ0n) is 14.2. The maximum absolute atomic E-state index is 5.74. The minimum absolute atomic E-state index is 0.440. The first-order valence-corrected chi connectivity index (χ1v) is 9.70. The smallest absolute Gasteiger partial charge is 0.241 e. The van der Waals surface area contributed by atoms with E-state index in [9.17, 15) is 0 Å². The Labute approximate surface area is 156 Å². The first-order chi connectivity index (χ1) is 12.3. The standard InChI is InChI=1S/C18H23BrN4O2/c19-15-4-1-3-14(11-15)18-20-17(25-21-18)13-23-8-6-22(7-9-23)12-16-5-2-10-24-16/h1,3-4,11,16H,2,5-10,12-13H2. The second-order valence-electron chi connectivity index (χ2n) is 6.73. The number of hydrogen-bond acceptors (Lipinski definition) is 6. The summed E-state index contributed by atoms with van der Waals surface area (Å²) in [6, 6.07) is 7.95. The van der Waals surface area contributed by atoms with Gasteiger partial charge in [-0.05, 0) is 25.0 Å². The van der Waals surface area contributed by atoms with Crippen LogP contribution in [0.4, 0.5) is 0 Å². The molecule has 2 aliphatic heterocycles. The van der Waals surface area contributed by atoms with Crippen LogP contribution >= 0.6 is 15.9 Å². The molecule has 2 saturated heterocycles. The van der Waals surface area contributed by atoms with Crippen molar-refractivity contribution in [1.29, 1.82) is 0 Å². The van der Waals surface area contributed by atoms with Gasteiger partial charge in [0.05, 0.1) is 12.6 Å². The third-order valence-corrected chi connectivity index (χ3v) is 5.35. The number of halogens is 1. The molecule has 1 aromatic heterocycles. The van der Waals surface area contributed by atoms with Gasteiger partial charge in [-0.1, -0.05) is 33.2 Å². The van der Waals surface area contributed by atoms with Crippen molar-refractivity contribution >= 4 is 15.9 Å². The topological polar surface area (TPSA) is 54.6 Å². The molecule has 2 aliphatic rings. The summed E-state index contributed by atoms with van der Waals surface area (Å²) in [5, 5.41) is 4.12. The Balaban J connectivity index is 1.29.